The molecule has 9 nitrogen and oxygen atoms in total. The smallest absolute Gasteiger partial charge is 0.328 e. The van der Waals surface area contributed by atoms with Gasteiger partial charge in [-0.3, -0.25) is 29.8 Å². The van der Waals surface area contributed by atoms with Crippen molar-refractivity contribution in [3.05, 3.63) is 0 Å². The molecular formula is C8H8N2O7. The Hall–Kier alpha value is -2.45. The fraction of sp³-hybridized carbons (Fsp3) is 0.375. The van der Waals surface area contributed by atoms with Gasteiger partial charge in [-0.15, -0.1) is 0 Å². The number of hydrogen-bond acceptors (Lipinski definition) is 5. The third-order valence-corrected chi connectivity index (χ3v) is 2.23. The number of nitrogens with one attached hydrogen (secondary N) is 2. The molecule has 0 aromatic heterocycles. The van der Waals surface area contributed by atoms with Gasteiger partial charge in [0.2, 0.25) is 11.8 Å². The van der Waals surface area contributed by atoms with Gasteiger partial charge in [0.25, 0.3) is 0 Å². The molecule has 0 bridgehead atoms. The summed E-state index contributed by atoms with van der Waals surface area (Å²) in [4.78, 5) is 54.9. The number of imide groups is 2. The minimum Gasteiger partial charge on any atom is -0.481 e. The zero-order valence-corrected chi connectivity index (χ0v) is 8.35. The standard InChI is InChI=1S/C8H8N2O7/c11-3(12)1-8(2-4(13)14)5(15)9-7(17)10-6(8)16/h1-2H2,(H,11,12)(H,13,14)(H2,9,10,15,16,17). The van der Waals surface area contributed by atoms with Gasteiger partial charge in [-0.1, -0.05) is 0 Å². The molecule has 1 rings (SSSR count). The van der Waals surface area contributed by atoms with Crippen LogP contribution in [0.1, 0.15) is 12.8 Å². The molecule has 1 heterocycles. The highest BCUT2D eigenvalue weighted by molar-refractivity contribution is 6.21. The average molecular weight is 244 g/mol. The van der Waals surface area contributed by atoms with E-state index in [0.717, 1.165) is 0 Å². The van der Waals surface area contributed by atoms with E-state index in [1.54, 1.807) is 10.6 Å². The van der Waals surface area contributed by atoms with E-state index >= 15 is 0 Å². The molecule has 4 N–H and O–H groups in total. The van der Waals surface area contributed by atoms with Gasteiger partial charge in [-0.2, -0.15) is 0 Å². The first kappa shape index (κ1) is 12.6. The van der Waals surface area contributed by atoms with Crippen LogP contribution in [0.5, 0.6) is 0 Å². The summed E-state index contributed by atoms with van der Waals surface area (Å²) in [7, 11) is 0. The van der Waals surface area contributed by atoms with Crippen LogP contribution in [-0.4, -0.2) is 40.0 Å². The van der Waals surface area contributed by atoms with Crippen molar-refractivity contribution in [2.75, 3.05) is 0 Å². The summed E-state index contributed by atoms with van der Waals surface area (Å²) < 4.78 is 0. The Bertz CT molecular complexity index is 390. The molecule has 0 unspecified atom stereocenters. The van der Waals surface area contributed by atoms with E-state index in [4.69, 9.17) is 10.2 Å². The minimum atomic E-state index is -2.30. The molecule has 0 radical (unpaired) electrons. The summed E-state index contributed by atoms with van der Waals surface area (Å²) in [5, 5.41) is 20.6. The lowest BCUT2D eigenvalue weighted by Crippen LogP contribution is -2.63. The zero-order valence-electron chi connectivity index (χ0n) is 8.35. The second kappa shape index (κ2) is 4.20. The average Bonchev–Trinajstić information content (AvgIpc) is 2.12. The predicted molar refractivity (Wildman–Crippen MR) is 48.6 cm³/mol. The van der Waals surface area contributed by atoms with E-state index in [2.05, 4.69) is 0 Å². The first-order valence-corrected chi connectivity index (χ1v) is 4.38. The molecule has 1 aliphatic heterocycles. The number of carbonyl (C=O) groups is 5. The Kier molecular flexibility index (Phi) is 3.12. The highest BCUT2D eigenvalue weighted by Gasteiger charge is 2.53. The van der Waals surface area contributed by atoms with E-state index in [0.29, 0.717) is 0 Å². The van der Waals surface area contributed by atoms with Crippen LogP contribution in [-0.2, 0) is 19.2 Å². The Balaban J connectivity index is 3.14. The highest BCUT2D eigenvalue weighted by Crippen LogP contribution is 2.29. The quantitative estimate of drug-likeness (QED) is 0.430. The lowest BCUT2D eigenvalue weighted by atomic mass is 9.78. The highest BCUT2D eigenvalue weighted by atomic mass is 16.4. The van der Waals surface area contributed by atoms with E-state index in [-0.39, 0.29) is 0 Å². The lowest BCUT2D eigenvalue weighted by molar-refractivity contribution is -0.158. The number of carboxylic acid groups (broad SMARTS) is 2. The first-order chi connectivity index (χ1) is 7.78. The number of amides is 4. The number of hydrogen-bond donors (Lipinski definition) is 4. The zero-order chi connectivity index (χ0) is 13.2. The Morgan fingerprint density at radius 3 is 1.59 bits per heavy atom. The molecular weight excluding hydrogens is 236 g/mol. The van der Waals surface area contributed by atoms with Crippen molar-refractivity contribution in [2.45, 2.75) is 12.8 Å². The molecule has 0 saturated carbocycles. The maximum absolute atomic E-state index is 11.5. The van der Waals surface area contributed by atoms with Gasteiger partial charge < -0.3 is 10.2 Å². The number of aliphatic carboxylic acids is 2. The van der Waals surface area contributed by atoms with E-state index in [9.17, 15) is 24.0 Å². The van der Waals surface area contributed by atoms with Crippen LogP contribution < -0.4 is 10.6 Å². The number of carbonyl (C=O) groups excluding carboxylic acids is 3. The van der Waals surface area contributed by atoms with Gasteiger partial charge >= 0.3 is 18.0 Å². The molecule has 1 saturated heterocycles. The van der Waals surface area contributed by atoms with Gasteiger partial charge in [-0.05, 0) is 0 Å². The minimum absolute atomic E-state index is 1.01. The summed E-state index contributed by atoms with van der Waals surface area (Å²) in [6.07, 6.45) is -2.02. The third kappa shape index (κ3) is 2.38. The largest absolute Gasteiger partial charge is 0.481 e. The van der Waals surface area contributed by atoms with E-state index in [1.165, 1.54) is 0 Å². The van der Waals surface area contributed by atoms with Crippen LogP contribution in [0.4, 0.5) is 4.79 Å². The fourth-order valence-corrected chi connectivity index (χ4v) is 1.48. The van der Waals surface area contributed by atoms with Crippen LogP contribution in [0, 0.1) is 5.41 Å². The summed E-state index contributed by atoms with van der Waals surface area (Å²) in [6.45, 7) is 0. The van der Waals surface area contributed by atoms with Crippen molar-refractivity contribution >= 4 is 29.8 Å². The topological polar surface area (TPSA) is 150 Å². The second-order valence-electron chi connectivity index (χ2n) is 3.46. The summed E-state index contributed by atoms with van der Waals surface area (Å²) in [6, 6.07) is -1.11. The van der Waals surface area contributed by atoms with Crippen molar-refractivity contribution in [2.24, 2.45) is 5.41 Å². The van der Waals surface area contributed by atoms with E-state index in [1.807, 2.05) is 0 Å². The van der Waals surface area contributed by atoms with Crippen molar-refractivity contribution < 1.29 is 34.2 Å². The van der Waals surface area contributed by atoms with Gasteiger partial charge in [0.1, 0.15) is 5.41 Å². The van der Waals surface area contributed by atoms with E-state index < -0.39 is 48.0 Å². The van der Waals surface area contributed by atoms with Crippen LogP contribution in [0.25, 0.3) is 0 Å². The predicted octanol–water partition coefficient (Wildman–Crippen LogP) is -1.71. The van der Waals surface area contributed by atoms with Crippen molar-refractivity contribution in [3.63, 3.8) is 0 Å². The maximum atomic E-state index is 11.5. The molecule has 0 aromatic rings. The molecule has 9 heteroatoms. The van der Waals surface area contributed by atoms with Crippen LogP contribution >= 0.6 is 0 Å². The fourth-order valence-electron chi connectivity index (χ4n) is 1.48. The van der Waals surface area contributed by atoms with Gasteiger partial charge in [0.05, 0.1) is 12.8 Å². The van der Waals surface area contributed by atoms with Crippen LogP contribution in [0.15, 0.2) is 0 Å². The van der Waals surface area contributed by atoms with Gasteiger partial charge in [0, 0.05) is 0 Å². The summed E-state index contributed by atoms with van der Waals surface area (Å²) >= 11 is 0. The molecule has 0 aromatic carbocycles. The Morgan fingerprint density at radius 1 is 0.941 bits per heavy atom. The maximum Gasteiger partial charge on any atom is 0.328 e. The number of carboxylic acids is 2. The van der Waals surface area contributed by atoms with Crippen LogP contribution in [0.2, 0.25) is 0 Å². The SMILES string of the molecule is O=C(O)CC1(CC(=O)O)C(=O)NC(=O)NC1=O. The number of urea groups is 1. The van der Waals surface area contributed by atoms with Crippen molar-refractivity contribution in [3.8, 4) is 0 Å². The number of rotatable bonds is 4. The van der Waals surface area contributed by atoms with Gasteiger partial charge in [-0.25, -0.2) is 4.79 Å². The van der Waals surface area contributed by atoms with Crippen LogP contribution in [0.3, 0.4) is 0 Å². The third-order valence-electron chi connectivity index (χ3n) is 2.23. The first-order valence-electron chi connectivity index (χ1n) is 4.38. The van der Waals surface area contributed by atoms with Crippen molar-refractivity contribution in [1.29, 1.82) is 0 Å². The molecule has 0 aliphatic carbocycles. The summed E-state index contributed by atoms with van der Waals surface area (Å²) in [5.41, 5.74) is -2.30. The molecule has 17 heavy (non-hydrogen) atoms. The second-order valence-corrected chi connectivity index (χ2v) is 3.46. The molecule has 0 spiro atoms. The lowest BCUT2D eigenvalue weighted by Gasteiger charge is -2.31. The van der Waals surface area contributed by atoms with Crippen molar-refractivity contribution in [1.82, 2.24) is 10.6 Å². The Morgan fingerprint density at radius 2 is 1.29 bits per heavy atom. The molecule has 4 amide bonds. The molecule has 1 fully saturated rings. The Labute approximate surface area is 93.8 Å². The normalized spacial score (nSPS) is 18.2. The molecule has 0 atom stereocenters. The summed E-state index contributed by atoms with van der Waals surface area (Å²) in [5.74, 6) is -5.50. The molecule has 1 aliphatic rings. The number of barbiturate groups is 1. The molecule has 92 valence electrons. The monoisotopic (exact) mass is 244 g/mol. The van der Waals surface area contributed by atoms with Gasteiger partial charge in [0.15, 0.2) is 0 Å².